The second kappa shape index (κ2) is 11.5. The van der Waals surface area contributed by atoms with Crippen molar-refractivity contribution in [3.8, 4) is 11.5 Å². The maximum absolute atomic E-state index is 12.5. The smallest absolute Gasteiger partial charge is 0.257 e. The summed E-state index contributed by atoms with van der Waals surface area (Å²) >= 11 is 2.29. The Labute approximate surface area is 210 Å². The molecule has 1 heterocycles. The summed E-state index contributed by atoms with van der Waals surface area (Å²) < 4.78 is 36.3. The van der Waals surface area contributed by atoms with Gasteiger partial charge in [0, 0.05) is 31.4 Å². The number of carbonyl (C=O) groups excluding carboxylic acids is 2. The molecule has 2 N–H and O–H groups in total. The number of anilines is 2. The van der Waals surface area contributed by atoms with Crippen molar-refractivity contribution in [1.29, 1.82) is 0 Å². The van der Waals surface area contributed by atoms with Gasteiger partial charge in [-0.1, -0.05) is 23.1 Å². The van der Waals surface area contributed by atoms with Gasteiger partial charge in [-0.15, -0.1) is 10.2 Å². The summed E-state index contributed by atoms with van der Waals surface area (Å²) in [6.07, 6.45) is 0. The fourth-order valence-electron chi connectivity index (χ4n) is 2.72. The number of nitrogens with one attached hydrogen (secondary N) is 2. The molecule has 14 heteroatoms. The van der Waals surface area contributed by atoms with E-state index in [0.29, 0.717) is 21.5 Å². The van der Waals surface area contributed by atoms with Crippen molar-refractivity contribution in [2.24, 2.45) is 0 Å². The second-order valence-electron chi connectivity index (χ2n) is 7.05. The van der Waals surface area contributed by atoms with Gasteiger partial charge in [0.2, 0.25) is 21.1 Å². The molecule has 0 unspecified atom stereocenters. The van der Waals surface area contributed by atoms with Crippen LogP contribution in [0.15, 0.2) is 51.7 Å². The predicted octanol–water partition coefficient (Wildman–Crippen LogP) is 2.79. The highest BCUT2D eigenvalue weighted by atomic mass is 32.2. The zero-order chi connectivity index (χ0) is 25.6. The molecule has 0 saturated carbocycles. The first-order chi connectivity index (χ1) is 16.6. The van der Waals surface area contributed by atoms with E-state index >= 15 is 0 Å². The average molecular weight is 538 g/mol. The molecule has 1 aromatic heterocycles. The van der Waals surface area contributed by atoms with Gasteiger partial charge < -0.3 is 14.8 Å². The van der Waals surface area contributed by atoms with Crippen LogP contribution in [-0.4, -0.2) is 68.8 Å². The molecule has 3 rings (SSSR count). The Morgan fingerprint density at radius 1 is 1.00 bits per heavy atom. The number of aromatic nitrogens is 2. The Morgan fingerprint density at radius 3 is 2.31 bits per heavy atom. The van der Waals surface area contributed by atoms with Crippen LogP contribution in [0.3, 0.4) is 0 Å². The topological polar surface area (TPSA) is 140 Å². The molecule has 35 heavy (non-hydrogen) atoms. The average Bonchev–Trinajstić information content (AvgIpc) is 3.29. The molecule has 0 fully saturated rings. The lowest BCUT2D eigenvalue weighted by atomic mass is 10.2. The monoisotopic (exact) mass is 537 g/mol. The second-order valence-corrected chi connectivity index (χ2v) is 11.4. The zero-order valence-corrected chi connectivity index (χ0v) is 21.7. The molecule has 0 atom stereocenters. The van der Waals surface area contributed by atoms with Gasteiger partial charge in [0.05, 0.1) is 24.9 Å². The first kappa shape index (κ1) is 26.4. The summed E-state index contributed by atoms with van der Waals surface area (Å²) in [6.45, 7) is 0. The number of amides is 2. The van der Waals surface area contributed by atoms with E-state index < -0.39 is 15.9 Å². The van der Waals surface area contributed by atoms with Gasteiger partial charge in [-0.05, 0) is 36.4 Å². The van der Waals surface area contributed by atoms with Gasteiger partial charge in [0.1, 0.15) is 0 Å². The van der Waals surface area contributed by atoms with E-state index in [4.69, 9.17) is 9.47 Å². The van der Waals surface area contributed by atoms with Crippen molar-refractivity contribution in [3.63, 3.8) is 0 Å². The third kappa shape index (κ3) is 6.69. The molecular formula is C21H23N5O6S3. The van der Waals surface area contributed by atoms with Crippen LogP contribution in [0.4, 0.5) is 10.8 Å². The molecule has 0 bridgehead atoms. The van der Waals surface area contributed by atoms with E-state index in [9.17, 15) is 18.0 Å². The van der Waals surface area contributed by atoms with Crippen LogP contribution in [0.25, 0.3) is 0 Å². The van der Waals surface area contributed by atoms with Crippen LogP contribution >= 0.6 is 23.1 Å². The van der Waals surface area contributed by atoms with Crippen molar-refractivity contribution in [3.05, 3.63) is 48.0 Å². The lowest BCUT2D eigenvalue weighted by Gasteiger charge is -2.11. The van der Waals surface area contributed by atoms with Gasteiger partial charge in [0.15, 0.2) is 15.8 Å². The number of rotatable bonds is 10. The van der Waals surface area contributed by atoms with Gasteiger partial charge in [-0.2, -0.15) is 0 Å². The van der Waals surface area contributed by atoms with Gasteiger partial charge in [-0.3, -0.25) is 14.9 Å². The maximum Gasteiger partial charge on any atom is 0.257 e. The number of nitrogens with zero attached hydrogens (tertiary/aromatic N) is 3. The Hall–Kier alpha value is -3.20. The maximum atomic E-state index is 12.5. The minimum absolute atomic E-state index is 0.0821. The highest BCUT2D eigenvalue weighted by Crippen LogP contribution is 2.30. The van der Waals surface area contributed by atoms with Crippen molar-refractivity contribution < 1.29 is 27.5 Å². The summed E-state index contributed by atoms with van der Waals surface area (Å²) in [5, 5.41) is 13.5. The number of methoxy groups -OCH3 is 2. The summed E-state index contributed by atoms with van der Waals surface area (Å²) in [7, 11) is 2.32. The van der Waals surface area contributed by atoms with E-state index in [1.807, 2.05) is 0 Å². The minimum atomic E-state index is -3.58. The highest BCUT2D eigenvalue weighted by Gasteiger charge is 2.18. The van der Waals surface area contributed by atoms with E-state index in [0.717, 1.165) is 15.6 Å². The minimum Gasteiger partial charge on any atom is -0.493 e. The Bertz CT molecular complexity index is 1310. The zero-order valence-electron chi connectivity index (χ0n) is 19.3. The Kier molecular flexibility index (Phi) is 8.67. The van der Waals surface area contributed by atoms with Gasteiger partial charge in [-0.25, -0.2) is 12.7 Å². The van der Waals surface area contributed by atoms with Crippen LogP contribution in [0.5, 0.6) is 11.5 Å². The number of thioether (sulfide) groups is 1. The summed E-state index contributed by atoms with van der Waals surface area (Å²) in [5.74, 6) is 0.418. The molecule has 0 aliphatic heterocycles. The fraction of sp³-hybridized carbons (Fsp3) is 0.238. The quantitative estimate of drug-likeness (QED) is 0.295. The number of hydrogen-bond acceptors (Lipinski definition) is 10. The largest absolute Gasteiger partial charge is 0.493 e. The van der Waals surface area contributed by atoms with Crippen LogP contribution in [-0.2, 0) is 14.8 Å². The predicted molar refractivity (Wildman–Crippen MR) is 134 cm³/mol. The van der Waals surface area contributed by atoms with Crippen LogP contribution < -0.4 is 20.1 Å². The molecule has 0 aliphatic rings. The standard InChI is InChI=1S/C21H23N5O6S3/c1-26(2)35(29,30)15-8-5-13(6-9-15)19(28)23-20-24-25-21(34-20)33-12-18(27)22-14-7-10-16(31-3)17(11-14)32-4/h5-11H,12H2,1-4H3,(H,22,27)(H,23,24,28). The molecule has 11 nitrogen and oxygen atoms in total. The summed E-state index contributed by atoms with van der Waals surface area (Å²) in [4.78, 5) is 24.8. The lowest BCUT2D eigenvalue weighted by molar-refractivity contribution is -0.113. The molecule has 186 valence electrons. The van der Waals surface area contributed by atoms with E-state index in [1.165, 1.54) is 64.3 Å². The molecule has 2 aromatic carbocycles. The Morgan fingerprint density at radius 2 is 1.69 bits per heavy atom. The normalized spacial score (nSPS) is 11.2. The van der Waals surface area contributed by atoms with Gasteiger partial charge in [0.25, 0.3) is 5.91 Å². The highest BCUT2D eigenvalue weighted by molar-refractivity contribution is 8.01. The number of carbonyl (C=O) groups is 2. The van der Waals surface area contributed by atoms with Crippen molar-refractivity contribution >= 4 is 55.8 Å². The number of benzene rings is 2. The molecule has 2 amide bonds. The van der Waals surface area contributed by atoms with Crippen LogP contribution in [0, 0.1) is 0 Å². The van der Waals surface area contributed by atoms with Gasteiger partial charge >= 0.3 is 0 Å². The first-order valence-corrected chi connectivity index (χ1v) is 13.2. The van der Waals surface area contributed by atoms with Crippen molar-refractivity contribution in [1.82, 2.24) is 14.5 Å². The third-order valence-electron chi connectivity index (χ3n) is 4.52. The van der Waals surface area contributed by atoms with Crippen molar-refractivity contribution in [2.45, 2.75) is 9.24 Å². The molecular weight excluding hydrogens is 514 g/mol. The molecule has 0 spiro atoms. The fourth-order valence-corrected chi connectivity index (χ4v) is 5.16. The molecule has 0 radical (unpaired) electrons. The number of ether oxygens (including phenoxy) is 2. The summed E-state index contributed by atoms with van der Waals surface area (Å²) in [5.41, 5.74) is 0.823. The van der Waals surface area contributed by atoms with Crippen LogP contribution in [0.1, 0.15) is 10.4 Å². The Balaban J connectivity index is 1.54. The molecule has 0 aliphatic carbocycles. The summed E-state index contributed by atoms with van der Waals surface area (Å²) in [6, 6.07) is 10.6. The number of hydrogen-bond donors (Lipinski definition) is 2. The van der Waals surface area contributed by atoms with Crippen LogP contribution in [0.2, 0.25) is 0 Å². The SMILES string of the molecule is COc1ccc(NC(=O)CSc2nnc(NC(=O)c3ccc(S(=O)(=O)N(C)C)cc3)s2)cc1OC. The molecule has 0 saturated heterocycles. The van der Waals surface area contributed by atoms with E-state index in [1.54, 1.807) is 18.2 Å². The lowest BCUT2D eigenvalue weighted by Crippen LogP contribution is -2.22. The number of sulfonamides is 1. The van der Waals surface area contributed by atoms with Crippen molar-refractivity contribution in [2.75, 3.05) is 44.7 Å². The van der Waals surface area contributed by atoms with E-state index in [-0.39, 0.29) is 27.3 Å². The van der Waals surface area contributed by atoms with E-state index in [2.05, 4.69) is 20.8 Å². The third-order valence-corrected chi connectivity index (χ3v) is 8.32. The molecule has 3 aromatic rings. The first-order valence-electron chi connectivity index (χ1n) is 9.96.